The molecule has 0 bridgehead atoms. The van der Waals surface area contributed by atoms with E-state index in [4.69, 9.17) is 14.1 Å². The number of hydrogen-bond acceptors (Lipinski definition) is 4. The molecule has 0 aliphatic rings. The van der Waals surface area contributed by atoms with Crippen molar-refractivity contribution in [1.29, 1.82) is 0 Å². The van der Waals surface area contributed by atoms with Gasteiger partial charge in [-0.25, -0.2) is 0 Å². The molecule has 5 nitrogen and oxygen atoms in total. The number of aliphatic imine (C=N–C) groups is 1. The fourth-order valence-electron chi connectivity index (χ4n) is 2.33. The highest BCUT2D eigenvalue weighted by atomic mass is 32.2. The van der Waals surface area contributed by atoms with Crippen molar-refractivity contribution < 1.29 is 9.15 Å². The van der Waals surface area contributed by atoms with Crippen molar-refractivity contribution in [2.75, 3.05) is 38.2 Å². The number of guanidine groups is 1. The average molecular weight is 356 g/mol. The molecule has 1 aromatic heterocycles. The van der Waals surface area contributed by atoms with Crippen molar-refractivity contribution in [2.45, 2.75) is 39.7 Å². The summed E-state index contributed by atoms with van der Waals surface area (Å²) in [6.45, 7) is 9.67. The third-order valence-electron chi connectivity index (χ3n) is 3.65. The second-order valence-corrected chi connectivity index (χ2v) is 6.92. The molecule has 0 aromatic carbocycles. The van der Waals surface area contributed by atoms with Gasteiger partial charge in [0.05, 0.1) is 12.4 Å². The standard InChI is InChI=1S/C18H33N3O2S/c1-5-22-17(15(2)3)9-11-20-18(21-12-14-24-4)19-10-8-16-7-6-13-23-16/h6-7,13,15,17H,5,8-12,14H2,1-4H3,(H2,19,20,21). The Kier molecular flexibility index (Phi) is 11.5. The van der Waals surface area contributed by atoms with Gasteiger partial charge in [-0.05, 0) is 37.7 Å². The minimum absolute atomic E-state index is 0.273. The molecule has 0 saturated carbocycles. The lowest BCUT2D eigenvalue weighted by atomic mass is 10.0. The maximum Gasteiger partial charge on any atom is 0.191 e. The fourth-order valence-corrected chi connectivity index (χ4v) is 2.64. The van der Waals surface area contributed by atoms with E-state index in [-0.39, 0.29) is 6.10 Å². The lowest BCUT2D eigenvalue weighted by molar-refractivity contribution is 0.0266. The minimum Gasteiger partial charge on any atom is -0.469 e. The van der Waals surface area contributed by atoms with Crippen molar-refractivity contribution in [3.05, 3.63) is 24.2 Å². The first kappa shape index (κ1) is 20.9. The van der Waals surface area contributed by atoms with Crippen LogP contribution in [0.15, 0.2) is 27.8 Å². The summed E-state index contributed by atoms with van der Waals surface area (Å²) in [6, 6.07) is 3.91. The third-order valence-corrected chi connectivity index (χ3v) is 4.26. The van der Waals surface area contributed by atoms with Crippen molar-refractivity contribution in [2.24, 2.45) is 10.9 Å². The van der Waals surface area contributed by atoms with Gasteiger partial charge in [0.15, 0.2) is 5.96 Å². The Bertz CT molecular complexity index is 435. The van der Waals surface area contributed by atoms with Crippen molar-refractivity contribution in [3.63, 3.8) is 0 Å². The molecule has 0 saturated heterocycles. The summed E-state index contributed by atoms with van der Waals surface area (Å²) in [6.07, 6.45) is 5.89. The highest BCUT2D eigenvalue weighted by molar-refractivity contribution is 7.98. The smallest absolute Gasteiger partial charge is 0.191 e. The van der Waals surface area contributed by atoms with E-state index in [1.165, 1.54) is 0 Å². The van der Waals surface area contributed by atoms with Gasteiger partial charge in [0, 0.05) is 38.4 Å². The largest absolute Gasteiger partial charge is 0.469 e. The van der Waals surface area contributed by atoms with Gasteiger partial charge in [-0.2, -0.15) is 11.8 Å². The van der Waals surface area contributed by atoms with Gasteiger partial charge in [-0.1, -0.05) is 13.8 Å². The molecule has 0 fully saturated rings. The Labute approximate surface area is 151 Å². The summed E-state index contributed by atoms with van der Waals surface area (Å²) < 4.78 is 11.1. The first-order valence-corrected chi connectivity index (χ1v) is 10.2. The van der Waals surface area contributed by atoms with E-state index in [9.17, 15) is 0 Å². The highest BCUT2D eigenvalue weighted by Gasteiger charge is 2.12. The summed E-state index contributed by atoms with van der Waals surface area (Å²) in [5, 5.41) is 6.76. The monoisotopic (exact) mass is 355 g/mol. The molecule has 0 amide bonds. The van der Waals surface area contributed by atoms with Crippen LogP contribution in [-0.2, 0) is 11.2 Å². The molecule has 1 heterocycles. The van der Waals surface area contributed by atoms with Crippen LogP contribution < -0.4 is 10.6 Å². The van der Waals surface area contributed by atoms with Gasteiger partial charge in [-0.3, -0.25) is 4.99 Å². The number of hydrogen-bond donors (Lipinski definition) is 2. The van der Waals surface area contributed by atoms with Crippen molar-refractivity contribution >= 4 is 17.7 Å². The van der Waals surface area contributed by atoms with Crippen LogP contribution in [-0.4, -0.2) is 50.3 Å². The summed E-state index contributed by atoms with van der Waals surface area (Å²) in [5.74, 6) is 3.43. The van der Waals surface area contributed by atoms with Gasteiger partial charge in [0.2, 0.25) is 0 Å². The predicted octanol–water partition coefficient (Wildman–Crippen LogP) is 3.17. The maximum absolute atomic E-state index is 5.79. The van der Waals surface area contributed by atoms with Gasteiger partial charge < -0.3 is 19.8 Å². The van der Waals surface area contributed by atoms with E-state index in [1.54, 1.807) is 6.26 Å². The van der Waals surface area contributed by atoms with E-state index >= 15 is 0 Å². The zero-order chi connectivity index (χ0) is 17.6. The van der Waals surface area contributed by atoms with Crippen LogP contribution in [0, 0.1) is 5.92 Å². The fraction of sp³-hybridized carbons (Fsp3) is 0.722. The van der Waals surface area contributed by atoms with Crippen molar-refractivity contribution in [3.8, 4) is 0 Å². The van der Waals surface area contributed by atoms with E-state index < -0.39 is 0 Å². The van der Waals surface area contributed by atoms with Crippen LogP contribution in [0.5, 0.6) is 0 Å². The Balaban J connectivity index is 2.43. The molecule has 0 aliphatic carbocycles. The molecular formula is C18H33N3O2S. The first-order chi connectivity index (χ1) is 11.7. The zero-order valence-corrected chi connectivity index (χ0v) is 16.3. The quantitative estimate of drug-likeness (QED) is 0.343. The Morgan fingerprint density at radius 2 is 2.12 bits per heavy atom. The van der Waals surface area contributed by atoms with Crippen LogP contribution in [0.4, 0.5) is 0 Å². The summed E-state index contributed by atoms with van der Waals surface area (Å²) in [4.78, 5) is 4.69. The normalized spacial score (nSPS) is 13.3. The topological polar surface area (TPSA) is 58.8 Å². The van der Waals surface area contributed by atoms with Crippen LogP contribution in [0.3, 0.4) is 0 Å². The first-order valence-electron chi connectivity index (χ1n) is 8.82. The molecule has 1 rings (SSSR count). The molecule has 138 valence electrons. The molecule has 0 radical (unpaired) electrons. The number of nitrogens with zero attached hydrogens (tertiary/aromatic N) is 1. The zero-order valence-electron chi connectivity index (χ0n) is 15.5. The predicted molar refractivity (Wildman–Crippen MR) is 104 cm³/mol. The van der Waals surface area contributed by atoms with Gasteiger partial charge in [0.1, 0.15) is 5.76 Å². The molecule has 24 heavy (non-hydrogen) atoms. The number of thioether (sulfide) groups is 1. The lowest BCUT2D eigenvalue weighted by Crippen LogP contribution is -2.39. The minimum atomic E-state index is 0.273. The van der Waals surface area contributed by atoms with Gasteiger partial charge >= 0.3 is 0 Å². The maximum atomic E-state index is 5.79. The number of furan rings is 1. The molecule has 0 aliphatic heterocycles. The summed E-state index contributed by atoms with van der Waals surface area (Å²) >= 11 is 1.82. The van der Waals surface area contributed by atoms with Crippen LogP contribution in [0.25, 0.3) is 0 Å². The van der Waals surface area contributed by atoms with Crippen molar-refractivity contribution in [1.82, 2.24) is 10.6 Å². The lowest BCUT2D eigenvalue weighted by Gasteiger charge is -2.20. The summed E-state index contributed by atoms with van der Waals surface area (Å²) in [7, 11) is 0. The SMILES string of the molecule is CCOC(CCN=C(NCCSC)NCCc1ccco1)C(C)C. The molecule has 0 spiro atoms. The molecule has 1 atom stereocenters. The van der Waals surface area contributed by atoms with E-state index in [1.807, 2.05) is 30.8 Å². The third kappa shape index (κ3) is 9.23. The van der Waals surface area contributed by atoms with E-state index in [2.05, 4.69) is 30.7 Å². The number of nitrogens with one attached hydrogen (secondary N) is 2. The molecular weight excluding hydrogens is 322 g/mol. The van der Waals surface area contributed by atoms with Crippen LogP contribution in [0.2, 0.25) is 0 Å². The molecule has 1 unspecified atom stereocenters. The molecule has 2 N–H and O–H groups in total. The van der Waals surface area contributed by atoms with E-state index in [0.29, 0.717) is 5.92 Å². The number of rotatable bonds is 12. The second-order valence-electron chi connectivity index (χ2n) is 5.93. The average Bonchev–Trinajstić information content (AvgIpc) is 3.07. The van der Waals surface area contributed by atoms with Crippen LogP contribution in [0.1, 0.15) is 33.0 Å². The molecule has 1 aromatic rings. The highest BCUT2D eigenvalue weighted by Crippen LogP contribution is 2.10. The van der Waals surface area contributed by atoms with Gasteiger partial charge in [0.25, 0.3) is 0 Å². The Morgan fingerprint density at radius 3 is 2.75 bits per heavy atom. The Hall–Kier alpha value is -1.14. The number of ether oxygens (including phenoxy) is 1. The Morgan fingerprint density at radius 1 is 1.33 bits per heavy atom. The second kappa shape index (κ2) is 13.2. The summed E-state index contributed by atoms with van der Waals surface area (Å²) in [5.41, 5.74) is 0. The van der Waals surface area contributed by atoms with E-state index in [0.717, 1.165) is 56.6 Å². The molecule has 6 heteroatoms. The van der Waals surface area contributed by atoms with Gasteiger partial charge in [-0.15, -0.1) is 0 Å². The van der Waals surface area contributed by atoms with Crippen LogP contribution >= 0.6 is 11.8 Å².